The van der Waals surface area contributed by atoms with Crippen molar-refractivity contribution < 1.29 is 32.9 Å². The minimum atomic E-state index is -1.03. The Labute approximate surface area is 167 Å². The predicted molar refractivity (Wildman–Crippen MR) is 103 cm³/mol. The van der Waals surface area contributed by atoms with Gasteiger partial charge in [0.2, 0.25) is 11.7 Å². The molecule has 2 aromatic rings. The molecule has 2 rings (SSSR count). The van der Waals surface area contributed by atoms with Crippen LogP contribution in [0.2, 0.25) is 0 Å². The molecule has 0 radical (unpaired) electrons. The predicted octanol–water partition coefficient (Wildman–Crippen LogP) is 2.01. The fourth-order valence-corrected chi connectivity index (χ4v) is 2.54. The maximum absolute atomic E-state index is 13.6. The second-order valence-electron chi connectivity index (χ2n) is 5.90. The summed E-state index contributed by atoms with van der Waals surface area (Å²) < 4.78 is 34.7. The van der Waals surface area contributed by atoms with E-state index in [2.05, 4.69) is 10.9 Å². The Hall–Kier alpha value is -3.49. The first-order chi connectivity index (χ1) is 13.9. The molecule has 1 atom stereocenters. The number of ether oxygens (including phenoxy) is 4. The lowest BCUT2D eigenvalue weighted by atomic mass is 10.1. The van der Waals surface area contributed by atoms with Gasteiger partial charge >= 0.3 is 0 Å². The number of para-hydroxylation sites is 1. The molecule has 156 valence electrons. The normalized spacial score (nSPS) is 11.2. The van der Waals surface area contributed by atoms with Gasteiger partial charge in [-0.05, 0) is 25.1 Å². The number of hydrazine groups is 1. The largest absolute Gasteiger partial charge is 0.493 e. The molecule has 0 aliphatic rings. The first-order valence-corrected chi connectivity index (χ1v) is 8.69. The van der Waals surface area contributed by atoms with E-state index in [4.69, 9.17) is 18.9 Å². The van der Waals surface area contributed by atoms with Crippen molar-refractivity contribution in [1.29, 1.82) is 0 Å². The van der Waals surface area contributed by atoms with Gasteiger partial charge in [0.05, 0.1) is 27.8 Å². The minimum Gasteiger partial charge on any atom is -0.493 e. The Bertz CT molecular complexity index is 874. The van der Waals surface area contributed by atoms with Crippen molar-refractivity contribution in [3.63, 3.8) is 0 Å². The Morgan fingerprint density at radius 1 is 0.931 bits per heavy atom. The number of hydrogen-bond acceptors (Lipinski definition) is 6. The minimum absolute atomic E-state index is 0.0588. The van der Waals surface area contributed by atoms with Gasteiger partial charge < -0.3 is 18.9 Å². The van der Waals surface area contributed by atoms with Crippen LogP contribution in [0.3, 0.4) is 0 Å². The maximum atomic E-state index is 13.6. The van der Waals surface area contributed by atoms with Gasteiger partial charge in [0.25, 0.3) is 5.91 Å². The van der Waals surface area contributed by atoms with Crippen LogP contribution in [0.5, 0.6) is 23.0 Å². The van der Waals surface area contributed by atoms with E-state index in [0.717, 1.165) is 0 Å². The van der Waals surface area contributed by atoms with Gasteiger partial charge in [-0.3, -0.25) is 20.4 Å². The molecule has 0 aliphatic heterocycles. The summed E-state index contributed by atoms with van der Waals surface area (Å²) in [6.07, 6.45) is -1.12. The second kappa shape index (κ2) is 10.2. The molecule has 29 heavy (non-hydrogen) atoms. The highest BCUT2D eigenvalue weighted by Gasteiger charge is 2.20. The summed E-state index contributed by atoms with van der Waals surface area (Å²) in [4.78, 5) is 24.3. The average Bonchev–Trinajstić information content (AvgIpc) is 2.72. The van der Waals surface area contributed by atoms with Gasteiger partial charge in [0, 0.05) is 5.56 Å². The number of carbonyl (C=O) groups is 2. The summed E-state index contributed by atoms with van der Waals surface area (Å²) in [7, 11) is 4.40. The molecule has 2 aromatic carbocycles. The molecule has 0 saturated carbocycles. The van der Waals surface area contributed by atoms with Gasteiger partial charge in [0.1, 0.15) is 0 Å². The van der Waals surface area contributed by atoms with Crippen molar-refractivity contribution in [2.45, 2.75) is 19.4 Å². The van der Waals surface area contributed by atoms with Crippen LogP contribution in [0.15, 0.2) is 36.4 Å². The molecular formula is C20H23FN2O6. The van der Waals surface area contributed by atoms with Crippen molar-refractivity contribution in [3.05, 3.63) is 47.8 Å². The van der Waals surface area contributed by atoms with Crippen molar-refractivity contribution in [1.82, 2.24) is 10.9 Å². The van der Waals surface area contributed by atoms with Gasteiger partial charge in [-0.15, -0.1) is 0 Å². The van der Waals surface area contributed by atoms with Gasteiger partial charge in [-0.25, -0.2) is 4.39 Å². The quantitative estimate of drug-likeness (QED) is 0.652. The third kappa shape index (κ3) is 5.50. The first-order valence-electron chi connectivity index (χ1n) is 8.69. The zero-order valence-electron chi connectivity index (χ0n) is 16.6. The van der Waals surface area contributed by atoms with Gasteiger partial charge in [-0.1, -0.05) is 18.2 Å². The average molecular weight is 406 g/mol. The third-order valence-electron chi connectivity index (χ3n) is 3.97. The Morgan fingerprint density at radius 3 is 2.24 bits per heavy atom. The first kappa shape index (κ1) is 21.8. The molecule has 0 saturated heterocycles. The van der Waals surface area contributed by atoms with Crippen LogP contribution in [-0.4, -0.2) is 39.2 Å². The summed E-state index contributed by atoms with van der Waals surface area (Å²) >= 11 is 0. The van der Waals surface area contributed by atoms with Crippen LogP contribution in [0.4, 0.5) is 4.39 Å². The van der Waals surface area contributed by atoms with Crippen LogP contribution >= 0.6 is 0 Å². The van der Waals surface area contributed by atoms with E-state index in [1.807, 2.05) is 0 Å². The molecule has 8 nitrogen and oxygen atoms in total. The fraction of sp³-hybridized carbons (Fsp3) is 0.300. The standard InChI is InChI=1S/C20H23FN2O6/c1-12(29-15-8-6-5-7-14(15)21)20(25)23-22-17(24)11-13-9-10-16(26-2)19(28-4)18(13)27-3/h5-10,12H,11H2,1-4H3,(H,22,24)(H,23,25)/t12-/m0/s1. The topological polar surface area (TPSA) is 95.1 Å². The monoisotopic (exact) mass is 406 g/mol. The number of carbonyl (C=O) groups excluding carboxylic acids is 2. The second-order valence-corrected chi connectivity index (χ2v) is 5.90. The van der Waals surface area contributed by atoms with Crippen LogP contribution in [0, 0.1) is 5.82 Å². The summed E-state index contributed by atoms with van der Waals surface area (Å²) in [6.45, 7) is 1.44. The van der Waals surface area contributed by atoms with Crippen molar-refractivity contribution in [2.24, 2.45) is 0 Å². The van der Waals surface area contributed by atoms with E-state index in [1.165, 1.54) is 46.5 Å². The lowest BCUT2D eigenvalue weighted by Gasteiger charge is -2.17. The highest BCUT2D eigenvalue weighted by atomic mass is 19.1. The number of halogens is 1. The highest BCUT2D eigenvalue weighted by Crippen LogP contribution is 2.39. The Balaban J connectivity index is 1.96. The van der Waals surface area contributed by atoms with Gasteiger partial charge in [0.15, 0.2) is 29.2 Å². The number of hydrogen-bond donors (Lipinski definition) is 2. The number of amides is 2. The van der Waals surface area contributed by atoms with Crippen LogP contribution < -0.4 is 29.8 Å². The fourth-order valence-electron chi connectivity index (χ4n) is 2.54. The summed E-state index contributed by atoms with van der Waals surface area (Å²) in [6, 6.07) is 9.02. The van der Waals surface area contributed by atoms with Crippen molar-refractivity contribution in [3.8, 4) is 23.0 Å². The van der Waals surface area contributed by atoms with E-state index >= 15 is 0 Å². The van der Waals surface area contributed by atoms with E-state index in [1.54, 1.807) is 18.2 Å². The van der Waals surface area contributed by atoms with Gasteiger partial charge in [-0.2, -0.15) is 0 Å². The van der Waals surface area contributed by atoms with Crippen LogP contribution in [0.1, 0.15) is 12.5 Å². The molecule has 0 fully saturated rings. The Morgan fingerprint density at radius 2 is 1.62 bits per heavy atom. The smallest absolute Gasteiger partial charge is 0.279 e. The lowest BCUT2D eigenvalue weighted by Crippen LogP contribution is -2.47. The van der Waals surface area contributed by atoms with Crippen LogP contribution in [-0.2, 0) is 16.0 Å². The van der Waals surface area contributed by atoms with Crippen molar-refractivity contribution >= 4 is 11.8 Å². The number of nitrogens with one attached hydrogen (secondary N) is 2. The number of benzene rings is 2. The molecule has 0 heterocycles. The maximum Gasteiger partial charge on any atom is 0.279 e. The number of methoxy groups -OCH3 is 3. The zero-order valence-corrected chi connectivity index (χ0v) is 16.6. The summed E-state index contributed by atoms with van der Waals surface area (Å²) in [5, 5.41) is 0. The highest BCUT2D eigenvalue weighted by molar-refractivity contribution is 5.86. The molecule has 0 bridgehead atoms. The molecule has 9 heteroatoms. The molecule has 2 N–H and O–H groups in total. The van der Waals surface area contributed by atoms with E-state index < -0.39 is 23.7 Å². The van der Waals surface area contributed by atoms with E-state index in [9.17, 15) is 14.0 Å². The summed E-state index contributed by atoms with van der Waals surface area (Å²) in [5.74, 6) is -0.613. The molecule has 2 amide bonds. The molecule has 0 unspecified atom stereocenters. The SMILES string of the molecule is COc1ccc(CC(=O)NNC(=O)[C@H](C)Oc2ccccc2F)c(OC)c1OC. The Kier molecular flexibility index (Phi) is 7.64. The summed E-state index contributed by atoms with van der Waals surface area (Å²) in [5.41, 5.74) is 5.07. The molecule has 0 aliphatic carbocycles. The van der Waals surface area contributed by atoms with Crippen molar-refractivity contribution in [2.75, 3.05) is 21.3 Å². The molecular weight excluding hydrogens is 383 g/mol. The zero-order chi connectivity index (χ0) is 21.4. The molecule has 0 aromatic heterocycles. The van der Waals surface area contributed by atoms with E-state index in [-0.39, 0.29) is 12.2 Å². The molecule has 0 spiro atoms. The van der Waals surface area contributed by atoms with E-state index in [0.29, 0.717) is 22.8 Å². The lowest BCUT2D eigenvalue weighted by molar-refractivity contribution is -0.132. The third-order valence-corrected chi connectivity index (χ3v) is 3.97. The van der Waals surface area contributed by atoms with Crippen LogP contribution in [0.25, 0.3) is 0 Å². The number of rotatable bonds is 8.